The third-order valence-electron chi connectivity index (χ3n) is 5.10. The lowest BCUT2D eigenvalue weighted by molar-refractivity contribution is -0.105. The summed E-state index contributed by atoms with van der Waals surface area (Å²) in [6.07, 6.45) is 4.81. The van der Waals surface area contributed by atoms with Crippen molar-refractivity contribution in [1.29, 1.82) is 0 Å². The highest BCUT2D eigenvalue weighted by molar-refractivity contribution is 5.74. The van der Waals surface area contributed by atoms with Gasteiger partial charge in [0.05, 0.1) is 25.4 Å². The molecule has 0 bridgehead atoms. The van der Waals surface area contributed by atoms with Crippen LogP contribution in [0.4, 0.5) is 4.79 Å². The van der Waals surface area contributed by atoms with E-state index < -0.39 is 0 Å². The summed E-state index contributed by atoms with van der Waals surface area (Å²) in [5.74, 6) is 0. The number of hydrogen-bond donors (Lipinski definition) is 0. The van der Waals surface area contributed by atoms with E-state index in [-0.39, 0.29) is 24.3 Å². The van der Waals surface area contributed by atoms with Crippen molar-refractivity contribution in [2.75, 3.05) is 53.5 Å². The van der Waals surface area contributed by atoms with Gasteiger partial charge in [-0.25, -0.2) is 4.79 Å². The van der Waals surface area contributed by atoms with Gasteiger partial charge in [0, 0.05) is 27.2 Å². The molecule has 0 aromatic rings. The van der Waals surface area contributed by atoms with Crippen molar-refractivity contribution in [3.05, 3.63) is 0 Å². The molecule has 6 heteroatoms. The molecular formula is C16H29N3O3. The minimum absolute atomic E-state index is 0.0521. The van der Waals surface area contributed by atoms with Gasteiger partial charge < -0.3 is 24.2 Å². The number of nitrogens with zero attached hydrogens (tertiary/aromatic N) is 3. The summed E-state index contributed by atoms with van der Waals surface area (Å²) in [5.41, 5.74) is 0. The van der Waals surface area contributed by atoms with Crippen LogP contribution in [0.3, 0.4) is 0 Å². The molecule has 126 valence electrons. The van der Waals surface area contributed by atoms with Crippen molar-refractivity contribution in [2.24, 2.45) is 0 Å². The maximum absolute atomic E-state index is 12.3. The van der Waals surface area contributed by atoms with Crippen LogP contribution in [0.25, 0.3) is 0 Å². The highest BCUT2D eigenvalue weighted by Crippen LogP contribution is 2.32. The molecule has 0 aromatic carbocycles. The predicted octanol–water partition coefficient (Wildman–Crippen LogP) is 1.01. The molecule has 0 unspecified atom stereocenters. The quantitative estimate of drug-likeness (QED) is 0.777. The molecule has 3 fully saturated rings. The van der Waals surface area contributed by atoms with Crippen molar-refractivity contribution >= 4 is 6.03 Å². The third kappa shape index (κ3) is 3.39. The number of likely N-dealkylation sites (tertiary alicyclic amines) is 1. The van der Waals surface area contributed by atoms with Crippen molar-refractivity contribution in [1.82, 2.24) is 14.7 Å². The van der Waals surface area contributed by atoms with Crippen LogP contribution in [0.15, 0.2) is 0 Å². The van der Waals surface area contributed by atoms with Crippen LogP contribution < -0.4 is 0 Å². The van der Waals surface area contributed by atoms with E-state index in [0.29, 0.717) is 13.2 Å². The summed E-state index contributed by atoms with van der Waals surface area (Å²) in [5, 5.41) is 0. The second-order valence-electron chi connectivity index (χ2n) is 6.81. The summed E-state index contributed by atoms with van der Waals surface area (Å²) in [7, 11) is 3.62. The molecule has 0 spiro atoms. The number of ether oxygens (including phenoxy) is 2. The first-order valence-electron chi connectivity index (χ1n) is 8.60. The minimum Gasteiger partial charge on any atom is -0.374 e. The van der Waals surface area contributed by atoms with Crippen molar-refractivity contribution in [3.63, 3.8) is 0 Å². The average molecular weight is 311 g/mol. The highest BCUT2D eigenvalue weighted by atomic mass is 16.5. The maximum Gasteiger partial charge on any atom is 0.319 e. The van der Waals surface area contributed by atoms with Gasteiger partial charge in [0.1, 0.15) is 6.10 Å². The summed E-state index contributed by atoms with van der Waals surface area (Å²) < 4.78 is 12.1. The van der Waals surface area contributed by atoms with Crippen LogP contribution in [0.5, 0.6) is 0 Å². The predicted molar refractivity (Wildman–Crippen MR) is 84.0 cm³/mol. The minimum atomic E-state index is 0.0521. The topological polar surface area (TPSA) is 45.3 Å². The van der Waals surface area contributed by atoms with Gasteiger partial charge in [-0.15, -0.1) is 0 Å². The molecular weight excluding hydrogens is 282 g/mol. The normalized spacial score (nSPS) is 32.3. The van der Waals surface area contributed by atoms with Crippen molar-refractivity contribution in [3.8, 4) is 0 Å². The van der Waals surface area contributed by atoms with Gasteiger partial charge in [0.2, 0.25) is 0 Å². The molecule has 2 heterocycles. The standard InChI is InChI=1S/C16H29N3O3/c1-17(2)16(20)19-10-12-22-15-13(19)5-6-14(15)21-11-9-18-7-3-4-8-18/h13-15H,3-12H2,1-2H3/t13-,14+,15+/m0/s1. The fourth-order valence-electron chi connectivity index (χ4n) is 3.93. The van der Waals surface area contributed by atoms with Gasteiger partial charge in [-0.1, -0.05) is 0 Å². The number of rotatable bonds is 4. The molecule has 1 aliphatic carbocycles. The van der Waals surface area contributed by atoms with Crippen molar-refractivity contribution < 1.29 is 14.3 Å². The van der Waals surface area contributed by atoms with Crippen LogP contribution in [-0.4, -0.2) is 92.5 Å². The molecule has 1 saturated carbocycles. The van der Waals surface area contributed by atoms with Gasteiger partial charge >= 0.3 is 6.03 Å². The number of carbonyl (C=O) groups is 1. The Labute approximate surface area is 133 Å². The molecule has 3 atom stereocenters. The van der Waals surface area contributed by atoms with Crippen LogP contribution in [0.2, 0.25) is 0 Å². The Morgan fingerprint density at radius 3 is 2.73 bits per heavy atom. The number of fused-ring (bicyclic) bond motifs is 1. The monoisotopic (exact) mass is 311 g/mol. The second-order valence-corrected chi connectivity index (χ2v) is 6.81. The van der Waals surface area contributed by atoms with E-state index in [0.717, 1.165) is 26.0 Å². The molecule has 22 heavy (non-hydrogen) atoms. The lowest BCUT2D eigenvalue weighted by atomic mass is 10.1. The fraction of sp³-hybridized carbons (Fsp3) is 0.938. The molecule has 0 aromatic heterocycles. The molecule has 3 aliphatic rings. The van der Waals surface area contributed by atoms with Crippen LogP contribution in [-0.2, 0) is 9.47 Å². The molecule has 3 rings (SSSR count). The smallest absolute Gasteiger partial charge is 0.319 e. The lowest BCUT2D eigenvalue weighted by Crippen LogP contribution is -2.56. The zero-order valence-electron chi connectivity index (χ0n) is 13.9. The van der Waals surface area contributed by atoms with E-state index in [4.69, 9.17) is 9.47 Å². The van der Waals surface area contributed by atoms with E-state index in [9.17, 15) is 4.79 Å². The van der Waals surface area contributed by atoms with Crippen LogP contribution >= 0.6 is 0 Å². The number of amides is 2. The molecule has 0 radical (unpaired) electrons. The summed E-state index contributed by atoms with van der Waals surface area (Å²) in [4.78, 5) is 18.4. The Hall–Kier alpha value is -0.850. The van der Waals surface area contributed by atoms with E-state index in [1.54, 1.807) is 4.90 Å². The van der Waals surface area contributed by atoms with Crippen LogP contribution in [0, 0.1) is 0 Å². The van der Waals surface area contributed by atoms with Gasteiger partial charge in [0.25, 0.3) is 0 Å². The first kappa shape index (κ1) is 16.0. The third-order valence-corrected chi connectivity index (χ3v) is 5.10. The SMILES string of the molecule is CN(C)C(=O)N1CCO[C@H]2[C@H](OCCN3CCCC3)CC[C@@H]21. The van der Waals surface area contributed by atoms with Gasteiger partial charge in [-0.3, -0.25) is 0 Å². The van der Waals surface area contributed by atoms with Crippen molar-refractivity contribution in [2.45, 2.75) is 43.9 Å². The van der Waals surface area contributed by atoms with E-state index >= 15 is 0 Å². The first-order chi connectivity index (χ1) is 10.7. The van der Waals surface area contributed by atoms with E-state index in [2.05, 4.69) is 4.90 Å². The van der Waals surface area contributed by atoms with Gasteiger partial charge in [-0.2, -0.15) is 0 Å². The molecule has 6 nitrogen and oxygen atoms in total. The highest BCUT2D eigenvalue weighted by Gasteiger charge is 2.45. The Morgan fingerprint density at radius 1 is 1.23 bits per heavy atom. The van der Waals surface area contributed by atoms with E-state index in [1.807, 2.05) is 19.0 Å². The molecule has 2 aliphatic heterocycles. The summed E-state index contributed by atoms with van der Waals surface area (Å²) in [6.45, 7) is 5.53. The molecule has 0 N–H and O–H groups in total. The Bertz CT molecular complexity index is 385. The number of hydrogen-bond acceptors (Lipinski definition) is 4. The second kappa shape index (κ2) is 7.15. The summed E-state index contributed by atoms with van der Waals surface area (Å²) in [6, 6.07) is 0.274. The zero-order chi connectivity index (χ0) is 15.5. The summed E-state index contributed by atoms with van der Waals surface area (Å²) >= 11 is 0. The fourth-order valence-corrected chi connectivity index (χ4v) is 3.93. The van der Waals surface area contributed by atoms with Crippen LogP contribution in [0.1, 0.15) is 25.7 Å². The number of morpholine rings is 1. The number of carbonyl (C=O) groups excluding carboxylic acids is 1. The zero-order valence-corrected chi connectivity index (χ0v) is 13.9. The molecule has 2 saturated heterocycles. The maximum atomic E-state index is 12.3. The Kier molecular flexibility index (Phi) is 5.21. The lowest BCUT2D eigenvalue weighted by Gasteiger charge is -2.40. The largest absolute Gasteiger partial charge is 0.374 e. The Balaban J connectivity index is 1.50. The first-order valence-corrected chi connectivity index (χ1v) is 8.60. The average Bonchev–Trinajstić information content (AvgIpc) is 3.16. The van der Waals surface area contributed by atoms with Gasteiger partial charge in [0.15, 0.2) is 0 Å². The molecule has 2 amide bonds. The van der Waals surface area contributed by atoms with Gasteiger partial charge in [-0.05, 0) is 38.8 Å². The van der Waals surface area contributed by atoms with E-state index in [1.165, 1.54) is 25.9 Å². The Morgan fingerprint density at radius 2 is 2.00 bits per heavy atom. The number of urea groups is 1.